The minimum Gasteiger partial charge on any atom is -0.370 e. The van der Waals surface area contributed by atoms with Crippen LogP contribution >= 0.6 is 11.3 Å². The Balaban J connectivity index is 1.85. The van der Waals surface area contributed by atoms with E-state index in [4.69, 9.17) is 5.73 Å². The van der Waals surface area contributed by atoms with Crippen LogP contribution in [0.15, 0.2) is 34.6 Å². The molecular weight excluding hydrogens is 325 g/mol. The first-order valence-electron chi connectivity index (χ1n) is 7.06. The Morgan fingerprint density at radius 1 is 1.30 bits per heavy atom. The van der Waals surface area contributed by atoms with Gasteiger partial charge in [-0.05, 0) is 24.1 Å². The highest BCUT2D eigenvalue weighted by molar-refractivity contribution is 7.09. The second-order valence-corrected chi connectivity index (χ2v) is 5.76. The largest absolute Gasteiger partial charge is 0.434 e. The maximum absolute atomic E-state index is 12.4. The molecule has 0 fully saturated rings. The van der Waals surface area contributed by atoms with Crippen molar-refractivity contribution in [3.05, 3.63) is 45.9 Å². The number of aryl methyl sites for hydroxylation is 1. The number of hydrogen-bond acceptors (Lipinski definition) is 3. The van der Waals surface area contributed by atoms with Gasteiger partial charge in [0.1, 0.15) is 0 Å². The molecule has 0 atom stereocenters. The molecule has 0 aliphatic heterocycles. The zero-order valence-electron chi connectivity index (χ0n) is 12.5. The molecule has 0 aliphatic rings. The summed E-state index contributed by atoms with van der Waals surface area (Å²) in [5.74, 6) is 0.224. The number of benzene rings is 1. The van der Waals surface area contributed by atoms with Gasteiger partial charge in [-0.2, -0.15) is 13.2 Å². The number of guanidine groups is 1. The van der Waals surface area contributed by atoms with Crippen molar-refractivity contribution in [1.82, 2.24) is 4.98 Å². The Morgan fingerprint density at radius 3 is 2.57 bits per heavy atom. The van der Waals surface area contributed by atoms with Crippen molar-refractivity contribution in [3.63, 3.8) is 0 Å². The van der Waals surface area contributed by atoms with E-state index < -0.39 is 11.9 Å². The van der Waals surface area contributed by atoms with Crippen LogP contribution in [0.2, 0.25) is 0 Å². The number of thiazole rings is 1. The molecule has 0 saturated carbocycles. The molecule has 0 aliphatic carbocycles. The van der Waals surface area contributed by atoms with Gasteiger partial charge in [0.25, 0.3) is 0 Å². The molecule has 0 spiro atoms. The molecule has 0 saturated heterocycles. The van der Waals surface area contributed by atoms with Gasteiger partial charge in [0.2, 0.25) is 0 Å². The minimum absolute atomic E-state index is 0.224. The van der Waals surface area contributed by atoms with E-state index in [9.17, 15) is 13.2 Å². The van der Waals surface area contributed by atoms with E-state index in [2.05, 4.69) is 22.2 Å². The lowest BCUT2D eigenvalue weighted by Crippen LogP contribution is -2.23. The van der Waals surface area contributed by atoms with Crippen LogP contribution in [0.4, 0.5) is 18.9 Å². The number of aromatic nitrogens is 1. The van der Waals surface area contributed by atoms with Gasteiger partial charge in [-0.25, -0.2) is 4.98 Å². The molecule has 4 nitrogen and oxygen atoms in total. The van der Waals surface area contributed by atoms with E-state index in [1.165, 1.54) is 5.56 Å². The summed E-state index contributed by atoms with van der Waals surface area (Å²) in [4.78, 5) is 7.64. The Labute approximate surface area is 136 Å². The van der Waals surface area contributed by atoms with Crippen molar-refractivity contribution in [3.8, 4) is 0 Å². The van der Waals surface area contributed by atoms with Crippen LogP contribution in [-0.4, -0.2) is 17.5 Å². The van der Waals surface area contributed by atoms with E-state index in [1.54, 1.807) is 0 Å². The fourth-order valence-electron chi connectivity index (χ4n) is 1.84. The lowest BCUT2D eigenvalue weighted by atomic mass is 10.1. The summed E-state index contributed by atoms with van der Waals surface area (Å²) in [6.07, 6.45) is -3.13. The van der Waals surface area contributed by atoms with E-state index in [0.29, 0.717) is 11.4 Å². The van der Waals surface area contributed by atoms with E-state index in [1.807, 2.05) is 24.3 Å². The Morgan fingerprint density at radius 2 is 2.00 bits per heavy atom. The molecule has 8 heteroatoms. The third-order valence-electron chi connectivity index (χ3n) is 3.08. The number of anilines is 1. The van der Waals surface area contributed by atoms with Crippen LogP contribution in [-0.2, 0) is 19.0 Å². The third-order valence-corrected chi connectivity index (χ3v) is 3.99. The number of hydrogen-bond donors (Lipinski definition) is 2. The van der Waals surface area contributed by atoms with Gasteiger partial charge in [-0.1, -0.05) is 19.1 Å². The molecular formula is C15H17F3N4S. The first-order valence-corrected chi connectivity index (χ1v) is 7.94. The number of alkyl halides is 3. The van der Waals surface area contributed by atoms with Crippen LogP contribution in [0, 0.1) is 0 Å². The lowest BCUT2D eigenvalue weighted by Gasteiger charge is -2.06. The average Bonchev–Trinajstić information content (AvgIpc) is 2.97. The van der Waals surface area contributed by atoms with Gasteiger partial charge in [0, 0.05) is 24.0 Å². The third kappa shape index (κ3) is 5.24. The van der Waals surface area contributed by atoms with Crippen molar-refractivity contribution in [2.24, 2.45) is 10.7 Å². The summed E-state index contributed by atoms with van der Waals surface area (Å²) in [5, 5.41) is 4.34. The number of halogens is 3. The molecule has 0 unspecified atom stereocenters. The zero-order valence-corrected chi connectivity index (χ0v) is 13.3. The summed E-state index contributed by atoms with van der Waals surface area (Å²) in [5.41, 5.74) is 6.93. The van der Waals surface area contributed by atoms with Gasteiger partial charge >= 0.3 is 6.18 Å². The maximum Gasteiger partial charge on any atom is 0.434 e. The first-order chi connectivity index (χ1) is 10.9. The van der Waals surface area contributed by atoms with Crippen molar-refractivity contribution in [2.45, 2.75) is 25.9 Å². The average molecular weight is 342 g/mol. The summed E-state index contributed by atoms with van der Waals surface area (Å²) in [7, 11) is 0. The number of aliphatic imine (C=N–C) groups is 1. The van der Waals surface area contributed by atoms with Crippen LogP contribution in [0.3, 0.4) is 0 Å². The minimum atomic E-state index is -4.40. The van der Waals surface area contributed by atoms with Crippen molar-refractivity contribution in [1.29, 1.82) is 0 Å². The van der Waals surface area contributed by atoms with Crippen molar-refractivity contribution in [2.75, 3.05) is 11.9 Å². The molecule has 124 valence electrons. The highest BCUT2D eigenvalue weighted by Gasteiger charge is 2.33. The predicted octanol–water partition coefficient (Wildman–Crippen LogP) is 3.69. The zero-order chi connectivity index (χ0) is 16.9. The normalized spacial score (nSPS) is 12.4. The van der Waals surface area contributed by atoms with Crippen molar-refractivity contribution >= 4 is 23.0 Å². The van der Waals surface area contributed by atoms with Crippen molar-refractivity contribution < 1.29 is 13.2 Å². The molecule has 1 heterocycles. The molecule has 0 bridgehead atoms. The topological polar surface area (TPSA) is 63.3 Å². The van der Waals surface area contributed by atoms with Gasteiger partial charge in [-0.15, -0.1) is 11.3 Å². The highest BCUT2D eigenvalue weighted by atomic mass is 32.1. The van der Waals surface area contributed by atoms with Crippen LogP contribution in [0.25, 0.3) is 0 Å². The van der Waals surface area contributed by atoms with Crippen LogP contribution in [0.5, 0.6) is 0 Å². The second kappa shape index (κ2) is 7.45. The molecule has 3 N–H and O–H groups in total. The molecule has 2 aromatic rings. The van der Waals surface area contributed by atoms with E-state index >= 15 is 0 Å². The monoisotopic (exact) mass is 342 g/mol. The standard InChI is InChI=1S/C15H17F3N4S/c1-2-10-3-5-11(6-4-10)21-14(19)20-8-7-13-22-12(9-23-13)15(16,17)18/h3-6,9H,2,7-8H2,1H3,(H3,19,20,21). The lowest BCUT2D eigenvalue weighted by molar-refractivity contribution is -0.140. The van der Waals surface area contributed by atoms with Crippen LogP contribution < -0.4 is 11.1 Å². The number of rotatable bonds is 5. The number of nitrogens with one attached hydrogen (secondary N) is 1. The smallest absolute Gasteiger partial charge is 0.370 e. The molecule has 23 heavy (non-hydrogen) atoms. The van der Waals surface area contributed by atoms with Gasteiger partial charge in [-0.3, -0.25) is 4.99 Å². The molecule has 2 rings (SSSR count). The predicted molar refractivity (Wildman–Crippen MR) is 86.8 cm³/mol. The summed E-state index contributed by atoms with van der Waals surface area (Å²) < 4.78 is 37.3. The summed E-state index contributed by atoms with van der Waals surface area (Å²) in [6, 6.07) is 7.78. The fraction of sp³-hybridized carbons (Fsp3) is 0.333. The Hall–Kier alpha value is -2.09. The first kappa shape index (κ1) is 17.3. The fourth-order valence-corrected chi connectivity index (χ4v) is 2.63. The maximum atomic E-state index is 12.4. The number of nitrogens with zero attached hydrogens (tertiary/aromatic N) is 2. The SMILES string of the molecule is CCc1ccc(NC(N)=NCCc2nc(C(F)(F)F)cs2)cc1. The van der Waals surface area contributed by atoms with E-state index in [-0.39, 0.29) is 12.5 Å². The van der Waals surface area contributed by atoms with E-state index in [0.717, 1.165) is 28.8 Å². The van der Waals surface area contributed by atoms with Gasteiger partial charge in [0.15, 0.2) is 11.7 Å². The molecule has 1 aromatic carbocycles. The summed E-state index contributed by atoms with van der Waals surface area (Å²) >= 11 is 0.975. The highest BCUT2D eigenvalue weighted by Crippen LogP contribution is 2.30. The Kier molecular flexibility index (Phi) is 5.59. The molecule has 0 radical (unpaired) electrons. The number of nitrogens with two attached hydrogens (primary N) is 1. The second-order valence-electron chi connectivity index (χ2n) is 4.82. The molecule has 0 amide bonds. The quantitative estimate of drug-likeness (QED) is 0.643. The van der Waals surface area contributed by atoms with Crippen LogP contribution in [0.1, 0.15) is 23.2 Å². The Bertz CT molecular complexity index is 662. The molecule has 1 aromatic heterocycles. The van der Waals surface area contributed by atoms with Gasteiger partial charge in [0.05, 0.1) is 5.01 Å². The van der Waals surface area contributed by atoms with Gasteiger partial charge < -0.3 is 11.1 Å². The summed E-state index contributed by atoms with van der Waals surface area (Å²) in [6.45, 7) is 2.34.